The van der Waals surface area contributed by atoms with Gasteiger partial charge in [-0.25, -0.2) is 19.3 Å². The summed E-state index contributed by atoms with van der Waals surface area (Å²) in [5, 5.41) is 16.3. The number of nitrogens with zero attached hydrogens (tertiary/aromatic N) is 5. The average molecular weight is 582 g/mol. The lowest BCUT2D eigenvalue weighted by molar-refractivity contribution is -0.907. The number of ether oxygens (including phenoxy) is 1. The molecule has 2 aromatic carbocycles. The van der Waals surface area contributed by atoms with Crippen molar-refractivity contribution in [3.63, 3.8) is 0 Å². The highest BCUT2D eigenvalue weighted by atomic mass is 19.4. The van der Waals surface area contributed by atoms with Gasteiger partial charge in [0, 0.05) is 22.9 Å². The Hall–Kier alpha value is -4.37. The second-order valence-electron chi connectivity index (χ2n) is 11.6. The zero-order valence-corrected chi connectivity index (χ0v) is 23.8. The van der Waals surface area contributed by atoms with Crippen LogP contribution in [0.3, 0.4) is 0 Å². The lowest BCUT2D eigenvalue weighted by Crippen LogP contribution is -2.45. The molecule has 0 saturated heterocycles. The van der Waals surface area contributed by atoms with Crippen LogP contribution >= 0.6 is 0 Å². The van der Waals surface area contributed by atoms with Crippen molar-refractivity contribution in [2.45, 2.75) is 44.9 Å². The third-order valence-corrected chi connectivity index (χ3v) is 8.12. The van der Waals surface area contributed by atoms with E-state index in [4.69, 9.17) is 4.74 Å². The number of anilines is 2. The maximum atomic E-state index is 13.6. The molecule has 0 radical (unpaired) electrons. The Balaban J connectivity index is 1.71. The summed E-state index contributed by atoms with van der Waals surface area (Å²) in [6.07, 6.45) is -1.06. The molecule has 9 nitrogen and oxygen atoms in total. The van der Waals surface area contributed by atoms with E-state index >= 15 is 0 Å². The molecule has 1 aliphatic carbocycles. The fourth-order valence-electron chi connectivity index (χ4n) is 6.06. The summed E-state index contributed by atoms with van der Waals surface area (Å²) in [5.41, 5.74) is 0.655. The molecule has 3 aromatic rings. The van der Waals surface area contributed by atoms with Crippen LogP contribution in [0.2, 0.25) is 0 Å². The first-order valence-corrected chi connectivity index (χ1v) is 13.6. The first-order chi connectivity index (χ1) is 19.8. The molecule has 1 atom stereocenters. The van der Waals surface area contributed by atoms with Gasteiger partial charge in [-0.3, -0.25) is 4.90 Å². The Morgan fingerprint density at radius 3 is 2.57 bits per heavy atom. The van der Waals surface area contributed by atoms with E-state index in [-0.39, 0.29) is 22.9 Å². The summed E-state index contributed by atoms with van der Waals surface area (Å²) < 4.78 is 47.9. The molecule has 42 heavy (non-hydrogen) atoms. The first kappa shape index (κ1) is 29.1. The SMILES string of the molecule is COC(=O)C1=C(C)N(c2cccc(C(F)(F)F)c2)c2n[nH]c(=O)n2C1c1ccc(C#N)cc1C[N+](C)(C)CC1CCC1. The van der Waals surface area contributed by atoms with Crippen molar-refractivity contribution >= 4 is 17.6 Å². The van der Waals surface area contributed by atoms with Gasteiger partial charge in [-0.05, 0) is 55.7 Å². The molecule has 0 amide bonds. The zero-order valence-electron chi connectivity index (χ0n) is 23.8. The number of benzene rings is 2. The minimum absolute atomic E-state index is 0.0213. The quantitative estimate of drug-likeness (QED) is 0.310. The third kappa shape index (κ3) is 5.32. The van der Waals surface area contributed by atoms with Gasteiger partial charge in [-0.2, -0.15) is 18.4 Å². The maximum Gasteiger partial charge on any atom is 0.416 e. The highest BCUT2D eigenvalue weighted by Crippen LogP contribution is 2.44. The number of methoxy groups -OCH3 is 1. The largest absolute Gasteiger partial charge is 0.466 e. The number of hydrogen-bond acceptors (Lipinski definition) is 6. The van der Waals surface area contributed by atoms with Crippen LogP contribution in [0.4, 0.5) is 24.8 Å². The summed E-state index contributed by atoms with van der Waals surface area (Å²) in [5.74, 6) is -0.117. The number of halogens is 3. The van der Waals surface area contributed by atoms with E-state index in [9.17, 15) is 28.0 Å². The van der Waals surface area contributed by atoms with E-state index < -0.39 is 29.4 Å². The molecular formula is C30H32F3N6O3+. The fourth-order valence-corrected chi connectivity index (χ4v) is 6.06. The molecule has 1 aromatic heterocycles. The summed E-state index contributed by atoms with van der Waals surface area (Å²) in [6.45, 7) is 3.03. The number of allylic oxidation sites excluding steroid dienone is 1. The molecule has 2 aliphatic rings. The van der Waals surface area contributed by atoms with Gasteiger partial charge >= 0.3 is 17.8 Å². The Bertz CT molecular complexity index is 1660. The normalized spacial score (nSPS) is 17.5. The average Bonchev–Trinajstić information content (AvgIpc) is 3.29. The smallest absolute Gasteiger partial charge is 0.416 e. The van der Waals surface area contributed by atoms with Crippen LogP contribution in [0.25, 0.3) is 0 Å². The van der Waals surface area contributed by atoms with Crippen LogP contribution in [0.1, 0.15) is 54.5 Å². The Labute approximate surface area is 241 Å². The summed E-state index contributed by atoms with van der Waals surface area (Å²) in [6, 6.07) is 10.9. The highest BCUT2D eigenvalue weighted by Gasteiger charge is 2.41. The van der Waals surface area contributed by atoms with Crippen molar-refractivity contribution in [1.29, 1.82) is 5.26 Å². The molecule has 1 aliphatic heterocycles. The Morgan fingerprint density at radius 2 is 1.95 bits per heavy atom. The Morgan fingerprint density at radius 1 is 1.21 bits per heavy atom. The first-order valence-electron chi connectivity index (χ1n) is 13.6. The predicted octanol–water partition coefficient (Wildman–Crippen LogP) is 5.03. The van der Waals surface area contributed by atoms with Gasteiger partial charge in [-0.1, -0.05) is 18.6 Å². The number of rotatable bonds is 7. The van der Waals surface area contributed by atoms with Crippen molar-refractivity contribution in [1.82, 2.24) is 14.8 Å². The van der Waals surface area contributed by atoms with Crippen LogP contribution in [0.15, 0.2) is 58.5 Å². The topological polar surface area (TPSA) is 104 Å². The van der Waals surface area contributed by atoms with Crippen LogP contribution in [0.5, 0.6) is 0 Å². The molecule has 1 fully saturated rings. The fraction of sp³-hybridized carbons (Fsp3) is 0.400. The number of carbonyl (C=O) groups excluding carboxylic acids is 1. The van der Waals surface area contributed by atoms with Gasteiger partial charge in [0.15, 0.2) is 0 Å². The van der Waals surface area contributed by atoms with E-state index in [1.807, 2.05) is 0 Å². The minimum Gasteiger partial charge on any atom is -0.466 e. The monoisotopic (exact) mass is 581 g/mol. The van der Waals surface area contributed by atoms with Gasteiger partial charge in [-0.15, -0.1) is 5.10 Å². The molecule has 1 N–H and O–H groups in total. The van der Waals surface area contributed by atoms with E-state index in [0.29, 0.717) is 28.1 Å². The number of nitrogens with one attached hydrogen (secondary N) is 1. The van der Waals surface area contributed by atoms with Gasteiger partial charge < -0.3 is 9.22 Å². The molecule has 1 unspecified atom stereocenters. The zero-order chi connectivity index (χ0) is 30.4. The second-order valence-corrected chi connectivity index (χ2v) is 11.6. The number of H-pyrrole nitrogens is 1. The summed E-state index contributed by atoms with van der Waals surface area (Å²) >= 11 is 0. The predicted molar refractivity (Wildman–Crippen MR) is 148 cm³/mol. The van der Waals surface area contributed by atoms with Gasteiger partial charge in [0.2, 0.25) is 5.95 Å². The number of nitriles is 1. The third-order valence-electron chi connectivity index (χ3n) is 8.12. The van der Waals surface area contributed by atoms with Crippen molar-refractivity contribution in [2.75, 3.05) is 32.6 Å². The standard InChI is InChI=1S/C30H31F3N6O3/c1-18-25(27(40)42-4)26(24-12-11-20(15-34)13-21(24)17-39(2,3)16-19-7-5-8-19)38-28(35-36-29(38)41)37(18)23-10-6-9-22(14-23)30(31,32)33/h6,9-14,19,26H,5,7-8,16-17H2,1-4H3/p+1. The van der Waals surface area contributed by atoms with Gasteiger partial charge in [0.25, 0.3) is 0 Å². The molecule has 0 spiro atoms. The molecule has 0 bridgehead atoms. The van der Waals surface area contributed by atoms with E-state index in [2.05, 4.69) is 30.4 Å². The number of hydrogen-bond donors (Lipinski definition) is 1. The molecule has 220 valence electrons. The van der Waals surface area contributed by atoms with Crippen molar-refractivity contribution in [2.24, 2.45) is 5.92 Å². The number of esters is 1. The molecule has 2 heterocycles. The summed E-state index contributed by atoms with van der Waals surface area (Å²) in [7, 11) is 5.42. The molecule has 1 saturated carbocycles. The number of quaternary nitrogens is 1. The molecular weight excluding hydrogens is 549 g/mol. The van der Waals surface area contributed by atoms with Crippen LogP contribution in [-0.4, -0.2) is 53.0 Å². The van der Waals surface area contributed by atoms with Gasteiger partial charge in [0.05, 0.1) is 50.5 Å². The van der Waals surface area contributed by atoms with E-state index in [1.165, 1.54) is 48.0 Å². The molecule has 12 heteroatoms. The second kappa shape index (κ2) is 10.8. The van der Waals surface area contributed by atoms with Crippen molar-refractivity contribution < 1.29 is 27.2 Å². The van der Waals surface area contributed by atoms with Crippen LogP contribution in [0, 0.1) is 17.2 Å². The van der Waals surface area contributed by atoms with Crippen LogP contribution in [-0.2, 0) is 22.3 Å². The maximum absolute atomic E-state index is 13.6. The van der Waals surface area contributed by atoms with E-state index in [1.54, 1.807) is 25.1 Å². The lowest BCUT2D eigenvalue weighted by atomic mass is 9.84. The number of aromatic amines is 1. The summed E-state index contributed by atoms with van der Waals surface area (Å²) in [4.78, 5) is 28.1. The highest BCUT2D eigenvalue weighted by molar-refractivity contribution is 5.93. The number of alkyl halides is 3. The number of fused-ring (bicyclic) bond motifs is 1. The van der Waals surface area contributed by atoms with Crippen molar-refractivity contribution in [3.8, 4) is 6.07 Å². The number of aromatic nitrogens is 3. The number of carbonyl (C=O) groups is 1. The molecule has 5 rings (SSSR count). The van der Waals surface area contributed by atoms with Crippen molar-refractivity contribution in [3.05, 3.63) is 86.5 Å². The minimum atomic E-state index is -4.61. The Kier molecular flexibility index (Phi) is 7.49. The van der Waals surface area contributed by atoms with E-state index in [0.717, 1.165) is 24.2 Å². The van der Waals surface area contributed by atoms with Gasteiger partial charge in [0.1, 0.15) is 12.6 Å². The van der Waals surface area contributed by atoms with Crippen LogP contribution < -0.4 is 10.6 Å². The lowest BCUT2D eigenvalue weighted by Gasteiger charge is -2.39.